The van der Waals surface area contributed by atoms with E-state index in [1.807, 2.05) is 0 Å². The average Bonchev–Trinajstić information content (AvgIpc) is 2.68. The third-order valence-electron chi connectivity index (χ3n) is 4.05. The highest BCUT2D eigenvalue weighted by Gasteiger charge is 2.14. The van der Waals surface area contributed by atoms with E-state index in [-0.39, 0.29) is 23.7 Å². The summed E-state index contributed by atoms with van der Waals surface area (Å²) in [6, 6.07) is 8.35. The molecule has 0 radical (unpaired) electrons. The molecule has 144 valence electrons. The lowest BCUT2D eigenvalue weighted by atomic mass is 10.3. The molecular weight excluding hydrogens is 352 g/mol. The Hall–Kier alpha value is -2.84. The molecule has 1 aliphatic rings. The Labute approximate surface area is 156 Å². The molecule has 1 aromatic carbocycles. The number of morpholine rings is 1. The van der Waals surface area contributed by atoms with E-state index >= 15 is 0 Å². The van der Waals surface area contributed by atoms with Gasteiger partial charge in [-0.2, -0.15) is 0 Å². The Morgan fingerprint density at radius 1 is 1.26 bits per heavy atom. The maximum absolute atomic E-state index is 12.2. The Bertz CT molecular complexity index is 829. The van der Waals surface area contributed by atoms with Crippen LogP contribution in [0.15, 0.2) is 45.8 Å². The number of benzene rings is 1. The van der Waals surface area contributed by atoms with Crippen LogP contribution in [0.5, 0.6) is 11.5 Å². The van der Waals surface area contributed by atoms with Crippen LogP contribution in [-0.2, 0) is 16.1 Å². The topological polar surface area (TPSA) is 90.2 Å². The summed E-state index contributed by atoms with van der Waals surface area (Å²) in [5.74, 6) is 0.793. The van der Waals surface area contributed by atoms with E-state index in [0.717, 1.165) is 13.1 Å². The van der Waals surface area contributed by atoms with Crippen LogP contribution in [-0.4, -0.2) is 50.8 Å². The van der Waals surface area contributed by atoms with Gasteiger partial charge in [-0.05, 0) is 12.1 Å². The molecule has 1 aliphatic heterocycles. The SMILES string of the molecule is COc1cccc(NC(=O)COc2coc(CN3CCOCC3)cc2=O)c1. The van der Waals surface area contributed by atoms with Gasteiger partial charge < -0.3 is 23.9 Å². The number of anilines is 1. The molecule has 2 aromatic rings. The molecule has 0 atom stereocenters. The van der Waals surface area contributed by atoms with Crippen LogP contribution < -0.4 is 20.2 Å². The minimum atomic E-state index is -0.389. The maximum atomic E-state index is 12.2. The largest absolute Gasteiger partial charge is 0.497 e. The van der Waals surface area contributed by atoms with Gasteiger partial charge in [-0.1, -0.05) is 6.07 Å². The van der Waals surface area contributed by atoms with Gasteiger partial charge in [-0.3, -0.25) is 14.5 Å². The Morgan fingerprint density at radius 2 is 2.07 bits per heavy atom. The molecule has 0 unspecified atom stereocenters. The van der Waals surface area contributed by atoms with Gasteiger partial charge in [0.25, 0.3) is 5.91 Å². The van der Waals surface area contributed by atoms with Crippen molar-refractivity contribution in [1.82, 2.24) is 4.90 Å². The smallest absolute Gasteiger partial charge is 0.262 e. The lowest BCUT2D eigenvalue weighted by Crippen LogP contribution is -2.35. The first-order valence-corrected chi connectivity index (χ1v) is 8.62. The van der Waals surface area contributed by atoms with Gasteiger partial charge in [-0.25, -0.2) is 0 Å². The molecule has 2 heterocycles. The molecule has 8 nitrogen and oxygen atoms in total. The molecule has 0 saturated carbocycles. The van der Waals surface area contributed by atoms with Gasteiger partial charge >= 0.3 is 0 Å². The lowest BCUT2D eigenvalue weighted by molar-refractivity contribution is -0.118. The number of ether oxygens (including phenoxy) is 3. The molecule has 8 heteroatoms. The minimum Gasteiger partial charge on any atom is -0.497 e. The number of hydrogen-bond donors (Lipinski definition) is 1. The first kappa shape index (κ1) is 18.9. The molecule has 0 spiro atoms. The van der Waals surface area contributed by atoms with Crippen LogP contribution in [0, 0.1) is 0 Å². The molecule has 1 fully saturated rings. The predicted octanol–water partition coefficient (Wildman–Crippen LogP) is 1.50. The lowest BCUT2D eigenvalue weighted by Gasteiger charge is -2.25. The zero-order valence-corrected chi connectivity index (χ0v) is 15.1. The van der Waals surface area contributed by atoms with Crippen molar-refractivity contribution in [2.45, 2.75) is 6.54 Å². The normalized spacial score (nSPS) is 14.6. The predicted molar refractivity (Wildman–Crippen MR) is 98.2 cm³/mol. The molecule has 0 bridgehead atoms. The summed E-state index contributed by atoms with van der Waals surface area (Å²) in [6.07, 6.45) is 1.25. The average molecular weight is 374 g/mol. The van der Waals surface area contributed by atoms with Crippen molar-refractivity contribution < 1.29 is 23.4 Å². The van der Waals surface area contributed by atoms with Crippen LogP contribution in [0.25, 0.3) is 0 Å². The molecular formula is C19H22N2O6. The maximum Gasteiger partial charge on any atom is 0.262 e. The summed E-state index contributed by atoms with van der Waals surface area (Å²) in [6.45, 7) is 3.18. The fraction of sp³-hybridized carbons (Fsp3) is 0.368. The highest BCUT2D eigenvalue weighted by molar-refractivity contribution is 5.92. The number of carbonyl (C=O) groups excluding carboxylic acids is 1. The second-order valence-corrected chi connectivity index (χ2v) is 6.03. The van der Waals surface area contributed by atoms with Gasteiger partial charge in [0.15, 0.2) is 6.61 Å². The molecule has 3 rings (SSSR count). The summed E-state index contributed by atoms with van der Waals surface area (Å²) >= 11 is 0. The van der Waals surface area contributed by atoms with Gasteiger partial charge in [0, 0.05) is 30.9 Å². The number of rotatable bonds is 7. The Balaban J connectivity index is 1.52. The molecule has 1 saturated heterocycles. The van der Waals surface area contributed by atoms with E-state index in [2.05, 4.69) is 10.2 Å². The van der Waals surface area contributed by atoms with Crippen LogP contribution in [0.2, 0.25) is 0 Å². The van der Waals surface area contributed by atoms with Gasteiger partial charge in [0.05, 0.1) is 26.9 Å². The fourth-order valence-corrected chi connectivity index (χ4v) is 2.65. The van der Waals surface area contributed by atoms with Crippen molar-refractivity contribution in [1.29, 1.82) is 0 Å². The monoisotopic (exact) mass is 374 g/mol. The van der Waals surface area contributed by atoms with E-state index in [4.69, 9.17) is 18.6 Å². The number of hydrogen-bond acceptors (Lipinski definition) is 7. The van der Waals surface area contributed by atoms with Gasteiger partial charge in [-0.15, -0.1) is 0 Å². The summed E-state index contributed by atoms with van der Waals surface area (Å²) < 4.78 is 21.1. The Kier molecular flexibility index (Phi) is 6.45. The van der Waals surface area contributed by atoms with Crippen molar-refractivity contribution in [2.24, 2.45) is 0 Å². The number of carbonyl (C=O) groups is 1. The molecule has 1 N–H and O–H groups in total. The first-order chi connectivity index (χ1) is 13.1. The fourth-order valence-electron chi connectivity index (χ4n) is 2.65. The Morgan fingerprint density at radius 3 is 2.81 bits per heavy atom. The van der Waals surface area contributed by atoms with Crippen LogP contribution in [0.3, 0.4) is 0 Å². The van der Waals surface area contributed by atoms with Crippen molar-refractivity contribution in [3.8, 4) is 11.5 Å². The third-order valence-corrected chi connectivity index (χ3v) is 4.05. The third kappa shape index (κ3) is 5.57. The first-order valence-electron chi connectivity index (χ1n) is 8.62. The highest BCUT2D eigenvalue weighted by atomic mass is 16.5. The number of nitrogens with zero attached hydrogens (tertiary/aromatic N) is 1. The standard InChI is InChI=1S/C19H22N2O6/c1-24-15-4-2-3-14(9-15)20-19(23)13-27-18-12-26-16(10-17(18)22)11-21-5-7-25-8-6-21/h2-4,9-10,12H,5-8,11,13H2,1H3,(H,20,23). The van der Waals surface area contributed by atoms with Gasteiger partial charge in [0.1, 0.15) is 17.8 Å². The number of amides is 1. The second kappa shape index (κ2) is 9.20. The number of nitrogens with one attached hydrogen (secondary N) is 1. The summed E-state index contributed by atoms with van der Waals surface area (Å²) in [5.41, 5.74) is 0.259. The van der Waals surface area contributed by atoms with Crippen LogP contribution >= 0.6 is 0 Å². The van der Waals surface area contributed by atoms with E-state index < -0.39 is 0 Å². The quantitative estimate of drug-likeness (QED) is 0.785. The highest BCUT2D eigenvalue weighted by Crippen LogP contribution is 2.16. The van der Waals surface area contributed by atoms with E-state index in [9.17, 15) is 9.59 Å². The van der Waals surface area contributed by atoms with Crippen molar-refractivity contribution in [3.63, 3.8) is 0 Å². The van der Waals surface area contributed by atoms with Crippen molar-refractivity contribution in [3.05, 3.63) is 52.6 Å². The van der Waals surface area contributed by atoms with Crippen LogP contribution in [0.1, 0.15) is 5.76 Å². The summed E-state index contributed by atoms with van der Waals surface area (Å²) in [5, 5.41) is 2.68. The summed E-state index contributed by atoms with van der Waals surface area (Å²) in [7, 11) is 1.55. The van der Waals surface area contributed by atoms with E-state index in [0.29, 0.717) is 37.0 Å². The van der Waals surface area contributed by atoms with Gasteiger partial charge in [0.2, 0.25) is 11.2 Å². The summed E-state index contributed by atoms with van der Waals surface area (Å²) in [4.78, 5) is 26.3. The molecule has 1 amide bonds. The zero-order valence-electron chi connectivity index (χ0n) is 15.1. The molecule has 27 heavy (non-hydrogen) atoms. The van der Waals surface area contributed by atoms with Crippen LogP contribution in [0.4, 0.5) is 5.69 Å². The van der Waals surface area contributed by atoms with Crippen molar-refractivity contribution >= 4 is 11.6 Å². The second-order valence-electron chi connectivity index (χ2n) is 6.03. The van der Waals surface area contributed by atoms with E-state index in [1.54, 1.807) is 31.4 Å². The van der Waals surface area contributed by atoms with Crippen molar-refractivity contribution in [2.75, 3.05) is 45.3 Å². The molecule has 0 aliphatic carbocycles. The number of methoxy groups -OCH3 is 1. The minimum absolute atomic E-state index is 0.00141. The molecule has 1 aromatic heterocycles. The van der Waals surface area contributed by atoms with E-state index in [1.165, 1.54) is 12.3 Å². The zero-order chi connectivity index (χ0) is 19.1.